The fourth-order valence-electron chi connectivity index (χ4n) is 2.11. The third-order valence-corrected chi connectivity index (χ3v) is 3.02. The molecule has 4 nitrogen and oxygen atoms in total. The van der Waals surface area contributed by atoms with Crippen LogP contribution in [0.4, 0.5) is 0 Å². The van der Waals surface area contributed by atoms with E-state index in [1.807, 2.05) is 41.1 Å². The molecule has 19 heavy (non-hydrogen) atoms. The Labute approximate surface area is 109 Å². The molecule has 3 aromatic rings. The zero-order valence-electron chi connectivity index (χ0n) is 10.00. The van der Waals surface area contributed by atoms with E-state index in [4.69, 9.17) is 5.21 Å². The van der Waals surface area contributed by atoms with Crippen LogP contribution in [0, 0.1) is 6.07 Å². The topological polar surface area (TPSA) is 54.3 Å². The summed E-state index contributed by atoms with van der Waals surface area (Å²) in [6.45, 7) is 0. The van der Waals surface area contributed by atoms with Gasteiger partial charge in [0.2, 0.25) is 0 Å². The minimum absolute atomic E-state index is 0.407. The second kappa shape index (κ2) is 4.59. The Balaban J connectivity index is 2.14. The van der Waals surface area contributed by atoms with Crippen molar-refractivity contribution < 1.29 is 10.0 Å². The highest BCUT2D eigenvalue weighted by Gasteiger charge is 2.07. The largest absolute Gasteiger partial charge is 0.317 e. The highest BCUT2D eigenvalue weighted by atomic mass is 16.5. The molecular formula is C15H11N2O2. The SMILES string of the molecule is O=C(NO)c1cccc(-n2ccc3c[c]ccc32)c1. The molecule has 0 aliphatic carbocycles. The highest BCUT2D eigenvalue weighted by Crippen LogP contribution is 2.20. The van der Waals surface area contributed by atoms with Crippen LogP contribution in [0.15, 0.2) is 54.7 Å². The summed E-state index contributed by atoms with van der Waals surface area (Å²) >= 11 is 0. The van der Waals surface area contributed by atoms with Gasteiger partial charge in [0, 0.05) is 22.8 Å². The number of carbonyl (C=O) groups excluding carboxylic acids is 1. The van der Waals surface area contributed by atoms with E-state index in [2.05, 4.69) is 6.07 Å². The molecule has 0 fully saturated rings. The predicted molar refractivity (Wildman–Crippen MR) is 71.4 cm³/mol. The number of amides is 1. The van der Waals surface area contributed by atoms with Crippen LogP contribution in [0.2, 0.25) is 0 Å². The molecule has 2 aromatic carbocycles. The number of hydrogen-bond donors (Lipinski definition) is 2. The summed E-state index contributed by atoms with van der Waals surface area (Å²) in [6.07, 6.45) is 1.94. The van der Waals surface area contributed by atoms with E-state index in [-0.39, 0.29) is 0 Å². The lowest BCUT2D eigenvalue weighted by Gasteiger charge is -2.07. The van der Waals surface area contributed by atoms with E-state index in [1.165, 1.54) is 0 Å². The molecule has 93 valence electrons. The quantitative estimate of drug-likeness (QED) is 0.543. The predicted octanol–water partition coefficient (Wildman–Crippen LogP) is 2.55. The maximum atomic E-state index is 11.4. The van der Waals surface area contributed by atoms with Crippen LogP contribution in [0.1, 0.15) is 10.4 Å². The van der Waals surface area contributed by atoms with Crippen LogP contribution in [0.3, 0.4) is 0 Å². The van der Waals surface area contributed by atoms with Crippen LogP contribution in [-0.2, 0) is 0 Å². The number of benzene rings is 2. The van der Waals surface area contributed by atoms with E-state index in [0.717, 1.165) is 16.6 Å². The van der Waals surface area contributed by atoms with Gasteiger partial charge in [-0.15, -0.1) is 0 Å². The van der Waals surface area contributed by atoms with Gasteiger partial charge in [-0.05, 0) is 42.5 Å². The summed E-state index contributed by atoms with van der Waals surface area (Å²) in [5.41, 5.74) is 3.95. The van der Waals surface area contributed by atoms with Gasteiger partial charge in [-0.1, -0.05) is 12.1 Å². The molecule has 0 aliphatic rings. The normalized spacial score (nSPS) is 10.6. The van der Waals surface area contributed by atoms with Gasteiger partial charge in [0.25, 0.3) is 5.91 Å². The summed E-state index contributed by atoms with van der Waals surface area (Å²) in [6, 6.07) is 17.8. The van der Waals surface area contributed by atoms with E-state index >= 15 is 0 Å². The van der Waals surface area contributed by atoms with E-state index in [0.29, 0.717) is 5.56 Å². The lowest BCUT2D eigenvalue weighted by molar-refractivity contribution is 0.0706. The molecule has 0 saturated heterocycles. The minimum Gasteiger partial charge on any atom is -0.317 e. The van der Waals surface area contributed by atoms with Crippen molar-refractivity contribution in [2.45, 2.75) is 0 Å². The van der Waals surface area contributed by atoms with Crippen LogP contribution in [0.25, 0.3) is 16.6 Å². The number of nitrogens with one attached hydrogen (secondary N) is 1. The molecule has 1 heterocycles. The van der Waals surface area contributed by atoms with Gasteiger partial charge >= 0.3 is 0 Å². The maximum absolute atomic E-state index is 11.4. The molecule has 0 bridgehead atoms. The summed E-state index contributed by atoms with van der Waals surface area (Å²) in [7, 11) is 0. The summed E-state index contributed by atoms with van der Waals surface area (Å²) in [4.78, 5) is 11.4. The third-order valence-electron chi connectivity index (χ3n) is 3.02. The molecular weight excluding hydrogens is 240 g/mol. The van der Waals surface area contributed by atoms with Crippen molar-refractivity contribution >= 4 is 16.8 Å². The van der Waals surface area contributed by atoms with Gasteiger partial charge in [0.15, 0.2) is 0 Å². The first-order valence-electron chi connectivity index (χ1n) is 5.81. The van der Waals surface area contributed by atoms with E-state index in [1.54, 1.807) is 23.7 Å². The van der Waals surface area contributed by atoms with Crippen molar-refractivity contribution in [1.29, 1.82) is 0 Å². The fraction of sp³-hybridized carbons (Fsp3) is 0. The molecule has 0 atom stereocenters. The van der Waals surface area contributed by atoms with Crippen molar-refractivity contribution in [3.8, 4) is 5.69 Å². The number of rotatable bonds is 2. The molecule has 1 amide bonds. The average Bonchev–Trinajstić information content (AvgIpc) is 2.90. The first-order valence-corrected chi connectivity index (χ1v) is 5.81. The Morgan fingerprint density at radius 3 is 3.00 bits per heavy atom. The van der Waals surface area contributed by atoms with Crippen LogP contribution in [-0.4, -0.2) is 15.7 Å². The number of hydrogen-bond acceptors (Lipinski definition) is 2. The lowest BCUT2D eigenvalue weighted by atomic mass is 10.2. The zero-order chi connectivity index (χ0) is 13.2. The van der Waals surface area contributed by atoms with Crippen molar-refractivity contribution in [2.75, 3.05) is 0 Å². The summed E-state index contributed by atoms with van der Waals surface area (Å²) in [5, 5.41) is 9.75. The highest BCUT2D eigenvalue weighted by molar-refractivity contribution is 5.94. The molecule has 1 radical (unpaired) electrons. The first kappa shape index (κ1) is 11.5. The van der Waals surface area contributed by atoms with Crippen LogP contribution < -0.4 is 5.48 Å². The number of hydroxylamine groups is 1. The minimum atomic E-state index is -0.522. The maximum Gasteiger partial charge on any atom is 0.274 e. The summed E-state index contributed by atoms with van der Waals surface area (Å²) in [5.74, 6) is -0.522. The number of carbonyl (C=O) groups is 1. The fourth-order valence-corrected chi connectivity index (χ4v) is 2.11. The van der Waals surface area contributed by atoms with Gasteiger partial charge in [0.1, 0.15) is 0 Å². The lowest BCUT2D eigenvalue weighted by Crippen LogP contribution is -2.18. The second-order valence-corrected chi connectivity index (χ2v) is 4.16. The van der Waals surface area contributed by atoms with Gasteiger partial charge in [-0.25, -0.2) is 5.48 Å². The van der Waals surface area contributed by atoms with Crippen molar-refractivity contribution in [3.05, 3.63) is 66.4 Å². The molecule has 2 N–H and O–H groups in total. The Morgan fingerprint density at radius 1 is 1.26 bits per heavy atom. The number of fused-ring (bicyclic) bond motifs is 1. The van der Waals surface area contributed by atoms with Crippen LogP contribution in [0.5, 0.6) is 0 Å². The molecule has 3 rings (SSSR count). The Kier molecular flexibility index (Phi) is 2.78. The molecule has 0 unspecified atom stereocenters. The van der Waals surface area contributed by atoms with E-state index < -0.39 is 5.91 Å². The Morgan fingerprint density at radius 2 is 2.16 bits per heavy atom. The van der Waals surface area contributed by atoms with Crippen LogP contribution >= 0.6 is 0 Å². The van der Waals surface area contributed by atoms with Gasteiger partial charge in [-0.2, -0.15) is 0 Å². The smallest absolute Gasteiger partial charge is 0.274 e. The average molecular weight is 251 g/mol. The Bertz CT molecular complexity index is 746. The second-order valence-electron chi connectivity index (χ2n) is 4.16. The number of nitrogens with zero attached hydrogens (tertiary/aromatic N) is 1. The molecule has 0 saturated carbocycles. The summed E-state index contributed by atoms with van der Waals surface area (Å²) < 4.78 is 1.98. The third kappa shape index (κ3) is 1.98. The molecule has 4 heteroatoms. The molecule has 1 aromatic heterocycles. The zero-order valence-corrected chi connectivity index (χ0v) is 10.00. The van der Waals surface area contributed by atoms with Crippen molar-refractivity contribution in [1.82, 2.24) is 10.0 Å². The monoisotopic (exact) mass is 251 g/mol. The van der Waals surface area contributed by atoms with Crippen molar-refractivity contribution in [2.24, 2.45) is 0 Å². The number of aromatic nitrogens is 1. The molecule has 0 spiro atoms. The van der Waals surface area contributed by atoms with Gasteiger partial charge < -0.3 is 4.57 Å². The Hall–Kier alpha value is -2.59. The first-order chi connectivity index (χ1) is 9.29. The van der Waals surface area contributed by atoms with Gasteiger partial charge in [-0.3, -0.25) is 10.0 Å². The standard InChI is InChI=1S/C15H11N2O2/c18-15(16-19)12-5-3-6-13(10-12)17-9-8-11-4-1-2-7-14(11)17/h2-10,19H,(H,16,18). The van der Waals surface area contributed by atoms with Gasteiger partial charge in [0.05, 0.1) is 5.52 Å². The van der Waals surface area contributed by atoms with Crippen molar-refractivity contribution in [3.63, 3.8) is 0 Å². The van der Waals surface area contributed by atoms with E-state index in [9.17, 15) is 4.79 Å². The molecule has 0 aliphatic heterocycles.